The number of hydrogen-bond acceptors (Lipinski definition) is 12. The molecule has 1 fully saturated rings. The summed E-state index contributed by atoms with van der Waals surface area (Å²) in [6, 6.07) is 1.54. The van der Waals surface area contributed by atoms with Crippen molar-refractivity contribution in [2.75, 3.05) is 12.3 Å². The molecule has 3 aromatic rings. The number of aromatic hydroxyl groups is 2. The van der Waals surface area contributed by atoms with Crippen LogP contribution in [-0.2, 0) is 4.74 Å². The number of phenolic OH excluding ortho intramolecular Hbond substituents is 2. The number of fused-ring (bicyclic) bond motifs is 1. The molecule has 2 aromatic heterocycles. The van der Waals surface area contributed by atoms with Crippen molar-refractivity contribution < 1.29 is 34.9 Å². The molecule has 4 unspecified atom stereocenters. The lowest BCUT2D eigenvalue weighted by Crippen LogP contribution is -2.31. The van der Waals surface area contributed by atoms with Gasteiger partial charge in [0.05, 0.1) is 22.9 Å². The number of nitro benzene ring substituents is 1. The number of nitrogens with zero attached hydrogens (tertiary/aromatic N) is 5. The molecule has 0 radical (unpaired) electrons. The minimum atomic E-state index is -1.33. The molecule has 4 rings (SSSR count). The maximum Gasteiger partial charge on any atom is 0.274 e. The van der Waals surface area contributed by atoms with Crippen LogP contribution in [0, 0.1) is 10.1 Å². The van der Waals surface area contributed by atoms with E-state index < -0.39 is 58.1 Å². The van der Waals surface area contributed by atoms with E-state index in [4.69, 9.17) is 10.5 Å². The monoisotopic (exact) mass is 473 g/mol. The molecule has 1 saturated heterocycles. The van der Waals surface area contributed by atoms with Crippen LogP contribution in [-0.4, -0.2) is 75.6 Å². The molecular weight excluding hydrogens is 454 g/mol. The lowest BCUT2D eigenvalue weighted by molar-refractivity contribution is -0.385. The predicted octanol–water partition coefficient (Wildman–Crippen LogP) is -0.667. The molecule has 15 nitrogen and oxygen atoms in total. The quantitative estimate of drug-likeness (QED) is 0.113. The highest BCUT2D eigenvalue weighted by molar-refractivity contribution is 5.98. The first-order chi connectivity index (χ1) is 16.2. The second kappa shape index (κ2) is 8.89. The van der Waals surface area contributed by atoms with E-state index in [0.29, 0.717) is 11.2 Å². The average Bonchev–Trinajstić information content (AvgIpc) is 3.35. The van der Waals surface area contributed by atoms with Crippen molar-refractivity contribution in [3.05, 3.63) is 52.6 Å². The molecule has 34 heavy (non-hydrogen) atoms. The van der Waals surface area contributed by atoms with Crippen LogP contribution in [0.2, 0.25) is 0 Å². The fourth-order valence-corrected chi connectivity index (χ4v) is 3.46. The molecule has 0 aliphatic carbocycles. The number of nitrogen functional groups attached to an aromatic ring is 1. The van der Waals surface area contributed by atoms with Gasteiger partial charge in [-0.15, -0.1) is 0 Å². The predicted molar refractivity (Wildman–Crippen MR) is 114 cm³/mol. The van der Waals surface area contributed by atoms with Crippen LogP contribution < -0.4 is 11.1 Å². The van der Waals surface area contributed by atoms with Gasteiger partial charge in [0.25, 0.3) is 11.6 Å². The van der Waals surface area contributed by atoms with Gasteiger partial charge in [0.1, 0.15) is 30.2 Å². The molecule has 15 heteroatoms. The molecule has 0 saturated carbocycles. The number of benzene rings is 1. The number of nitrogens with two attached hydrogens (primary N) is 1. The topological polar surface area (TPSA) is 232 Å². The normalized spacial score (nSPS) is 22.4. The van der Waals surface area contributed by atoms with Gasteiger partial charge in [-0.2, -0.15) is 0 Å². The van der Waals surface area contributed by atoms with E-state index in [1.165, 1.54) is 29.4 Å². The number of amides is 1. The number of anilines is 1. The number of phenols is 2. The van der Waals surface area contributed by atoms with Crippen molar-refractivity contribution >= 4 is 28.6 Å². The van der Waals surface area contributed by atoms with Gasteiger partial charge in [-0.3, -0.25) is 19.5 Å². The third-order valence-electron chi connectivity index (χ3n) is 5.17. The lowest BCUT2D eigenvalue weighted by Gasteiger charge is -2.16. The summed E-state index contributed by atoms with van der Waals surface area (Å²) in [6.07, 6.45) is 0.778. The number of nitrogens with one attached hydrogen (secondary N) is 1. The number of hydrogen-bond donors (Lipinski definition) is 6. The summed E-state index contributed by atoms with van der Waals surface area (Å²) in [4.78, 5) is 34.4. The number of aliphatic hydroxyl groups excluding tert-OH is 2. The van der Waals surface area contributed by atoms with Gasteiger partial charge in [-0.25, -0.2) is 15.0 Å². The van der Waals surface area contributed by atoms with E-state index in [0.717, 1.165) is 12.1 Å². The largest absolute Gasteiger partial charge is 0.504 e. The van der Waals surface area contributed by atoms with E-state index >= 15 is 0 Å². The second-order valence-corrected chi connectivity index (χ2v) is 7.31. The number of nitro groups is 1. The summed E-state index contributed by atoms with van der Waals surface area (Å²) in [6.45, 7) is -0.118. The van der Waals surface area contributed by atoms with Crippen LogP contribution in [0.25, 0.3) is 11.2 Å². The fourth-order valence-electron chi connectivity index (χ4n) is 3.46. The number of non-ortho nitro benzene ring substituents is 1. The maximum atomic E-state index is 12.3. The Balaban J connectivity index is 1.42. The molecule has 3 heterocycles. The van der Waals surface area contributed by atoms with Gasteiger partial charge in [0, 0.05) is 12.6 Å². The number of imidazole rings is 1. The molecule has 1 aromatic carbocycles. The number of rotatable bonds is 6. The lowest BCUT2D eigenvalue weighted by atomic mass is 10.1. The van der Waals surface area contributed by atoms with E-state index in [2.05, 4.69) is 20.3 Å². The summed E-state index contributed by atoms with van der Waals surface area (Å²) in [7, 11) is 0. The van der Waals surface area contributed by atoms with Gasteiger partial charge in [0.15, 0.2) is 29.2 Å². The Morgan fingerprint density at radius 2 is 2.03 bits per heavy atom. The van der Waals surface area contributed by atoms with Crippen molar-refractivity contribution in [1.29, 1.82) is 0 Å². The first-order valence-corrected chi connectivity index (χ1v) is 9.79. The number of carbonyl (C=O) groups excluding carboxylic acids is 1. The molecule has 0 bridgehead atoms. The highest BCUT2D eigenvalue weighted by Gasteiger charge is 2.43. The Labute approximate surface area is 189 Å². The maximum absolute atomic E-state index is 12.3. The van der Waals surface area contributed by atoms with Crippen LogP contribution in [0.5, 0.6) is 11.5 Å². The minimum Gasteiger partial charge on any atom is -0.504 e. The van der Waals surface area contributed by atoms with Crippen LogP contribution >= 0.6 is 0 Å². The highest BCUT2D eigenvalue weighted by Crippen LogP contribution is 2.34. The van der Waals surface area contributed by atoms with E-state index in [-0.39, 0.29) is 12.4 Å². The van der Waals surface area contributed by atoms with Crippen LogP contribution in [0.4, 0.5) is 11.5 Å². The first kappa shape index (κ1) is 22.8. The Kier molecular flexibility index (Phi) is 5.97. The Morgan fingerprint density at radius 1 is 1.26 bits per heavy atom. The minimum absolute atomic E-state index is 0.118. The molecule has 7 N–H and O–H groups in total. The first-order valence-electron chi connectivity index (χ1n) is 9.79. The third kappa shape index (κ3) is 4.05. The Hall–Kier alpha value is -4.34. The summed E-state index contributed by atoms with van der Waals surface area (Å²) in [5.74, 6) is -2.35. The van der Waals surface area contributed by atoms with Gasteiger partial charge < -0.3 is 36.2 Å². The van der Waals surface area contributed by atoms with Gasteiger partial charge in [-0.05, 0) is 0 Å². The number of carbonyl (C=O) groups is 1. The zero-order valence-corrected chi connectivity index (χ0v) is 17.2. The second-order valence-electron chi connectivity index (χ2n) is 7.31. The number of ether oxygens (including phenoxy) is 1. The molecular formula is C19H19N7O8. The van der Waals surface area contributed by atoms with Crippen molar-refractivity contribution in [3.8, 4) is 11.5 Å². The van der Waals surface area contributed by atoms with Crippen molar-refractivity contribution in [3.63, 3.8) is 0 Å². The zero-order chi connectivity index (χ0) is 24.6. The number of aliphatic hydroxyl groups is 2. The summed E-state index contributed by atoms with van der Waals surface area (Å²) in [5.41, 5.74) is 5.32. The van der Waals surface area contributed by atoms with Crippen LogP contribution in [0.3, 0.4) is 0 Å². The summed E-state index contributed by atoms with van der Waals surface area (Å²) >= 11 is 0. The van der Waals surface area contributed by atoms with E-state index in [1.807, 2.05) is 0 Å². The molecule has 1 aliphatic rings. The Bertz CT molecular complexity index is 1290. The van der Waals surface area contributed by atoms with Crippen molar-refractivity contribution in [2.45, 2.75) is 24.5 Å². The Morgan fingerprint density at radius 3 is 2.76 bits per heavy atom. The fraction of sp³-hybridized carbons (Fsp3) is 0.263. The van der Waals surface area contributed by atoms with Gasteiger partial charge >= 0.3 is 0 Å². The molecule has 178 valence electrons. The SMILES string of the molecule is Nc1ncnc2c1ncn2C1OC(/C=C/CNC(=O)c2cc([N+](=O)[O-])cc(O)c2O)C(O)C1O. The van der Waals surface area contributed by atoms with Gasteiger partial charge in [0.2, 0.25) is 0 Å². The van der Waals surface area contributed by atoms with Crippen LogP contribution in [0.1, 0.15) is 16.6 Å². The van der Waals surface area contributed by atoms with Crippen molar-refractivity contribution in [1.82, 2.24) is 24.8 Å². The zero-order valence-electron chi connectivity index (χ0n) is 17.2. The summed E-state index contributed by atoms with van der Waals surface area (Å²) < 4.78 is 7.13. The van der Waals surface area contributed by atoms with Crippen LogP contribution in [0.15, 0.2) is 36.9 Å². The third-order valence-corrected chi connectivity index (χ3v) is 5.17. The molecule has 0 spiro atoms. The van der Waals surface area contributed by atoms with E-state index in [1.54, 1.807) is 0 Å². The highest BCUT2D eigenvalue weighted by atomic mass is 16.6. The molecule has 4 atom stereocenters. The number of aromatic nitrogens is 4. The standard InChI is InChI=1S/C19H19N7O8/c20-16-12-17(23-6-22-16)25(7-24-12)19-15(30)14(29)11(34-19)2-1-3-21-18(31)9-4-8(26(32)33)5-10(27)13(9)28/h1-2,4-7,11,14-15,19,27-30H,3H2,(H,21,31)(H2,20,22,23)/b2-1+. The van der Waals surface area contributed by atoms with Crippen molar-refractivity contribution in [2.24, 2.45) is 0 Å². The average molecular weight is 473 g/mol. The smallest absolute Gasteiger partial charge is 0.274 e. The van der Waals surface area contributed by atoms with E-state index in [9.17, 15) is 35.3 Å². The van der Waals surface area contributed by atoms with Gasteiger partial charge in [-0.1, -0.05) is 12.2 Å². The molecule has 1 aliphatic heterocycles. The molecule has 1 amide bonds. The summed E-state index contributed by atoms with van der Waals surface area (Å²) in [5, 5.41) is 53.5.